The van der Waals surface area contributed by atoms with E-state index in [1.54, 1.807) is 0 Å². The summed E-state index contributed by atoms with van der Waals surface area (Å²) in [5, 5.41) is 7.70. The molecule has 1 aliphatic rings. The zero-order valence-corrected chi connectivity index (χ0v) is 10.4. The van der Waals surface area contributed by atoms with Crippen molar-refractivity contribution in [2.45, 2.75) is 0 Å². The van der Waals surface area contributed by atoms with Crippen LogP contribution in [-0.2, 0) is 0 Å². The molecule has 0 saturated heterocycles. The van der Waals surface area contributed by atoms with E-state index >= 15 is 0 Å². The third-order valence-electron chi connectivity index (χ3n) is 1.32. The lowest BCUT2D eigenvalue weighted by Gasteiger charge is -2.14. The maximum Gasteiger partial charge on any atom is 0.112 e. The van der Waals surface area contributed by atoms with Crippen molar-refractivity contribution >= 4 is 74.0 Å². The van der Waals surface area contributed by atoms with E-state index in [9.17, 15) is 0 Å². The summed E-state index contributed by atoms with van der Waals surface area (Å²) in [5.74, 6) is 0. The van der Waals surface area contributed by atoms with Crippen molar-refractivity contribution < 1.29 is 0 Å². The molecule has 1 N–H and O–H groups in total. The van der Waals surface area contributed by atoms with Crippen LogP contribution in [0.3, 0.4) is 0 Å². The summed E-state index contributed by atoms with van der Waals surface area (Å²) < 4.78 is 3.63. The van der Waals surface area contributed by atoms with E-state index in [1.165, 1.54) is 0 Å². The van der Waals surface area contributed by atoms with E-state index in [0.717, 1.165) is 0 Å². The minimum atomic E-state index is -0.0989. The first-order valence-electron chi connectivity index (χ1n) is 2.90. The highest BCUT2D eigenvalue weighted by atomic mass is 79.9. The molecule has 13 heavy (non-hydrogen) atoms. The van der Waals surface area contributed by atoms with Crippen molar-refractivity contribution in [3.63, 3.8) is 0 Å². The van der Waals surface area contributed by atoms with Gasteiger partial charge in [0, 0.05) is 0 Å². The molecule has 0 aromatic rings. The smallest absolute Gasteiger partial charge is 0.112 e. The van der Waals surface area contributed by atoms with E-state index in [4.69, 9.17) is 51.8 Å². The first kappa shape index (κ1) is 11.5. The minimum absolute atomic E-state index is 0.0364. The fourth-order valence-electron chi connectivity index (χ4n) is 0.694. The van der Waals surface area contributed by atoms with Crippen LogP contribution in [0.4, 0.5) is 0 Å². The molecule has 0 aromatic carbocycles. The van der Waals surface area contributed by atoms with Gasteiger partial charge in [-0.05, 0) is 0 Å². The van der Waals surface area contributed by atoms with E-state index in [0.29, 0.717) is 0 Å². The molecular formula is C6HBrCl4N2. The van der Waals surface area contributed by atoms with Crippen molar-refractivity contribution in [3.8, 4) is 0 Å². The van der Waals surface area contributed by atoms with Gasteiger partial charge in [-0.15, -0.1) is 0 Å². The summed E-state index contributed by atoms with van der Waals surface area (Å²) in [6.45, 7) is 0. The fourth-order valence-corrected chi connectivity index (χ4v) is 2.18. The van der Waals surface area contributed by atoms with Gasteiger partial charge >= 0.3 is 0 Å². The molecule has 0 aromatic heterocycles. The van der Waals surface area contributed by atoms with E-state index < -0.39 is 0 Å². The summed E-state index contributed by atoms with van der Waals surface area (Å²) in [6, 6.07) is 0. The summed E-state index contributed by atoms with van der Waals surface area (Å²) in [4.78, 5) is 0. The normalized spacial score (nSPS) is 18.5. The monoisotopic (exact) mass is 320 g/mol. The van der Waals surface area contributed by atoms with Crippen LogP contribution in [-0.4, -0.2) is 11.4 Å². The molecule has 0 amide bonds. The Morgan fingerprint density at radius 2 is 1.31 bits per heavy atom. The summed E-state index contributed by atoms with van der Waals surface area (Å²) >= 11 is 25.7. The number of allylic oxidation sites excluding steroid dienone is 4. The van der Waals surface area contributed by atoms with E-state index in [-0.39, 0.29) is 31.6 Å². The van der Waals surface area contributed by atoms with Gasteiger partial charge in [0.15, 0.2) is 0 Å². The number of nitrogens with zero attached hydrogens (tertiary/aromatic N) is 1. The van der Waals surface area contributed by atoms with Gasteiger partial charge in [-0.3, -0.25) is 5.41 Å². The van der Waals surface area contributed by atoms with E-state index in [1.807, 2.05) is 0 Å². The minimum Gasteiger partial charge on any atom is -0.298 e. The maximum atomic E-state index is 7.41. The lowest BCUT2D eigenvalue weighted by atomic mass is 10.1. The fraction of sp³-hybridized carbons (Fsp3) is 0. The van der Waals surface area contributed by atoms with Gasteiger partial charge in [0.2, 0.25) is 0 Å². The molecular weight excluding hydrogens is 322 g/mol. The van der Waals surface area contributed by atoms with Gasteiger partial charge in [0.25, 0.3) is 0 Å². The highest BCUT2D eigenvalue weighted by Gasteiger charge is 2.27. The predicted octanol–water partition coefficient (Wildman–Crippen LogP) is 4.15. The summed E-state index contributed by atoms with van der Waals surface area (Å²) in [7, 11) is 0. The Labute approximate surface area is 103 Å². The zero-order chi connectivity index (χ0) is 10.2. The topological polar surface area (TPSA) is 36.2 Å². The molecule has 0 fully saturated rings. The molecule has 0 heterocycles. The molecule has 0 unspecified atom stereocenters. The average Bonchev–Trinajstić information content (AvgIpc) is 2.13. The van der Waals surface area contributed by atoms with Crippen LogP contribution in [0.15, 0.2) is 24.1 Å². The van der Waals surface area contributed by atoms with Gasteiger partial charge in [-0.25, -0.2) is 4.02 Å². The summed E-state index contributed by atoms with van der Waals surface area (Å²) in [5.41, 5.74) is 0.132. The number of hydrogen-bond donors (Lipinski definition) is 1. The average molecular weight is 323 g/mol. The number of nitrogens with one attached hydrogen (secondary N) is 1. The number of rotatable bonds is 0. The van der Waals surface area contributed by atoms with Gasteiger partial charge < -0.3 is 0 Å². The van der Waals surface area contributed by atoms with Crippen LogP contribution in [0, 0.1) is 5.41 Å². The van der Waals surface area contributed by atoms with Crippen molar-refractivity contribution in [1.29, 1.82) is 5.41 Å². The van der Waals surface area contributed by atoms with Gasteiger partial charge in [0.1, 0.15) is 5.71 Å². The van der Waals surface area contributed by atoms with Crippen LogP contribution >= 0.6 is 62.6 Å². The Kier molecular flexibility index (Phi) is 3.83. The van der Waals surface area contributed by atoms with Crippen molar-refractivity contribution in [3.05, 3.63) is 20.1 Å². The molecule has 2 nitrogen and oxygen atoms in total. The first-order valence-corrected chi connectivity index (χ1v) is 5.12. The standard InChI is InChI=1S/C6HBrCl4N2/c7-13-6-3(10)1(8)5(12)2(9)4(6)11/h12H. The Morgan fingerprint density at radius 1 is 0.923 bits per heavy atom. The van der Waals surface area contributed by atoms with Gasteiger partial charge in [0.05, 0.1) is 42.0 Å². The Bertz CT molecular complexity index is 339. The lowest BCUT2D eigenvalue weighted by Crippen LogP contribution is -2.14. The second kappa shape index (κ2) is 4.32. The van der Waals surface area contributed by atoms with Crippen molar-refractivity contribution in [2.75, 3.05) is 0 Å². The highest BCUT2D eigenvalue weighted by Crippen LogP contribution is 2.34. The van der Waals surface area contributed by atoms with Crippen molar-refractivity contribution in [2.24, 2.45) is 4.02 Å². The summed E-state index contributed by atoms with van der Waals surface area (Å²) in [6.07, 6.45) is 0. The third kappa shape index (κ3) is 1.95. The van der Waals surface area contributed by atoms with Gasteiger partial charge in [-0.1, -0.05) is 46.4 Å². The second-order valence-corrected chi connectivity index (χ2v) is 3.93. The molecule has 0 radical (unpaired) electrons. The van der Waals surface area contributed by atoms with E-state index in [2.05, 4.69) is 20.2 Å². The van der Waals surface area contributed by atoms with Gasteiger partial charge in [-0.2, -0.15) is 0 Å². The van der Waals surface area contributed by atoms with Crippen molar-refractivity contribution in [1.82, 2.24) is 0 Å². The van der Waals surface area contributed by atoms with Crippen LogP contribution in [0.2, 0.25) is 0 Å². The van der Waals surface area contributed by atoms with Crippen LogP contribution in [0.5, 0.6) is 0 Å². The molecule has 70 valence electrons. The molecule has 0 bridgehead atoms. The molecule has 1 aliphatic carbocycles. The molecule has 1 rings (SSSR count). The van der Waals surface area contributed by atoms with Crippen LogP contribution < -0.4 is 0 Å². The maximum absolute atomic E-state index is 7.41. The predicted molar refractivity (Wildman–Crippen MR) is 61.6 cm³/mol. The SMILES string of the molecule is N=C1C(Cl)=C(Cl)C(=NBr)C(Cl)=C1Cl. The highest BCUT2D eigenvalue weighted by molar-refractivity contribution is 9.08. The molecule has 0 atom stereocenters. The van der Waals surface area contributed by atoms with Crippen LogP contribution in [0.25, 0.3) is 0 Å². The second-order valence-electron chi connectivity index (χ2n) is 2.06. The van der Waals surface area contributed by atoms with Crippen LogP contribution in [0.1, 0.15) is 0 Å². The molecule has 0 aliphatic heterocycles. The Balaban J connectivity index is 3.38. The third-order valence-corrected chi connectivity index (χ3v) is 3.36. The molecule has 7 heteroatoms. The Hall–Kier alpha value is 0.460. The number of hydrogen-bond acceptors (Lipinski definition) is 2. The first-order chi connectivity index (χ1) is 6.00. The largest absolute Gasteiger partial charge is 0.298 e. The number of halogens is 5. The lowest BCUT2D eigenvalue weighted by molar-refractivity contribution is 1.51. The zero-order valence-electron chi connectivity index (χ0n) is 5.84. The molecule has 0 saturated carbocycles. The quantitative estimate of drug-likeness (QED) is 0.650. The molecule has 0 spiro atoms. The Morgan fingerprint density at radius 3 is 1.62 bits per heavy atom.